The number of hydrogen-bond donors (Lipinski definition) is 6. The van der Waals surface area contributed by atoms with Gasteiger partial charge in [-0.25, -0.2) is 10.2 Å². The Morgan fingerprint density at radius 3 is 2.21 bits per heavy atom. The number of carbonyl (C=O) groups is 4. The molecule has 0 aromatic carbocycles. The smallest absolute Gasteiger partial charge is 0.405 e. The number of carbonyl (C=O) groups excluding carboxylic acids is 3. The molecule has 0 fully saturated rings. The summed E-state index contributed by atoms with van der Waals surface area (Å²) in [4.78, 5) is 42.0. The molecule has 0 saturated heterocycles. The summed E-state index contributed by atoms with van der Waals surface area (Å²) < 4.78 is 0. The molecule has 2 amide bonds. The van der Waals surface area contributed by atoms with E-state index in [1.54, 1.807) is 0 Å². The number of carboxylic acid groups (broad SMARTS) is 1. The van der Waals surface area contributed by atoms with E-state index in [0.717, 1.165) is 0 Å². The molecule has 10 heteroatoms. The Hall–Kier alpha value is -2.04. The van der Waals surface area contributed by atoms with Gasteiger partial charge in [0.1, 0.15) is 18.6 Å². The summed E-state index contributed by atoms with van der Waals surface area (Å²) in [7, 11) is 0. The van der Waals surface area contributed by atoms with Gasteiger partial charge in [0.2, 0.25) is 5.91 Å². The van der Waals surface area contributed by atoms with E-state index in [4.69, 9.17) is 10.8 Å². The molecule has 0 aliphatic heterocycles. The summed E-state index contributed by atoms with van der Waals surface area (Å²) in [6, 6.07) is -1.60. The first-order valence-corrected chi connectivity index (χ1v) is 5.37. The minimum atomic E-state index is -1.33. The van der Waals surface area contributed by atoms with Crippen LogP contribution in [0.15, 0.2) is 0 Å². The zero-order chi connectivity index (χ0) is 14.7. The van der Waals surface area contributed by atoms with Gasteiger partial charge in [-0.2, -0.15) is 0 Å². The molecular weight excluding hydrogens is 258 g/mol. The summed E-state index contributed by atoms with van der Waals surface area (Å²) >= 11 is 0. The zero-order valence-electron chi connectivity index (χ0n) is 10.1. The molecule has 108 valence electrons. The van der Waals surface area contributed by atoms with Crippen molar-refractivity contribution in [3.05, 3.63) is 0 Å². The van der Waals surface area contributed by atoms with Gasteiger partial charge in [-0.1, -0.05) is 0 Å². The van der Waals surface area contributed by atoms with Gasteiger partial charge >= 0.3 is 6.09 Å². The van der Waals surface area contributed by atoms with Crippen LogP contribution >= 0.6 is 0 Å². The third kappa shape index (κ3) is 9.64. The van der Waals surface area contributed by atoms with Crippen LogP contribution in [0.25, 0.3) is 0 Å². The van der Waals surface area contributed by atoms with E-state index < -0.39 is 24.1 Å². The molecule has 0 aromatic rings. The van der Waals surface area contributed by atoms with Crippen molar-refractivity contribution in [2.75, 3.05) is 19.6 Å². The molecule has 0 rings (SSSR count). The summed E-state index contributed by atoms with van der Waals surface area (Å²) in [5.74, 6) is -0.560. The largest absolute Gasteiger partial charge is 0.465 e. The first kappa shape index (κ1) is 17.0. The van der Waals surface area contributed by atoms with Crippen LogP contribution in [0.2, 0.25) is 0 Å². The number of nitrogens with one attached hydrogen (secondary N) is 4. The Kier molecular flexibility index (Phi) is 8.87. The van der Waals surface area contributed by atoms with E-state index in [2.05, 4.69) is 16.2 Å². The van der Waals surface area contributed by atoms with Crippen LogP contribution < -0.4 is 27.2 Å². The second kappa shape index (κ2) is 9.94. The van der Waals surface area contributed by atoms with Gasteiger partial charge in [-0.3, -0.25) is 10.2 Å². The third-order valence-corrected chi connectivity index (χ3v) is 1.95. The first-order chi connectivity index (χ1) is 8.99. The van der Waals surface area contributed by atoms with Gasteiger partial charge in [-0.15, -0.1) is 0 Å². The average Bonchev–Trinajstić information content (AvgIpc) is 2.35. The van der Waals surface area contributed by atoms with E-state index in [1.807, 2.05) is 5.32 Å². The number of aldehydes is 2. The van der Waals surface area contributed by atoms with Gasteiger partial charge < -0.3 is 31.1 Å². The number of amides is 2. The van der Waals surface area contributed by atoms with Crippen molar-refractivity contribution >= 4 is 24.6 Å². The fourth-order valence-electron chi connectivity index (χ4n) is 1.07. The molecule has 0 heterocycles. The van der Waals surface area contributed by atoms with Crippen molar-refractivity contribution in [3.63, 3.8) is 0 Å². The van der Waals surface area contributed by atoms with E-state index in [-0.39, 0.29) is 19.6 Å². The normalized spacial score (nSPS) is 13.3. The number of hydrazine groups is 1. The van der Waals surface area contributed by atoms with Crippen molar-refractivity contribution in [1.82, 2.24) is 21.5 Å². The lowest BCUT2D eigenvalue weighted by molar-refractivity contribution is -0.117. The van der Waals surface area contributed by atoms with E-state index >= 15 is 0 Å². The maximum Gasteiger partial charge on any atom is 0.405 e. The molecule has 10 nitrogen and oxygen atoms in total. The quantitative estimate of drug-likeness (QED) is 0.129. The number of hydrogen-bond acceptors (Lipinski definition) is 7. The molecule has 19 heavy (non-hydrogen) atoms. The summed E-state index contributed by atoms with van der Waals surface area (Å²) in [6.07, 6.45) is -0.327. The van der Waals surface area contributed by atoms with Gasteiger partial charge in [0, 0.05) is 13.1 Å². The fourth-order valence-corrected chi connectivity index (χ4v) is 1.07. The van der Waals surface area contributed by atoms with Crippen LogP contribution in [0.3, 0.4) is 0 Å². The Labute approximate surface area is 109 Å². The minimum absolute atomic E-state index is 0.0310. The monoisotopic (exact) mass is 275 g/mol. The SMILES string of the molecule is NC(=O)CNNC[C@@H](C=O)NC[C@@H](C=O)NC(=O)O. The Bertz CT molecular complexity index is 324. The van der Waals surface area contributed by atoms with Gasteiger partial charge in [-0.05, 0) is 0 Å². The van der Waals surface area contributed by atoms with Crippen molar-refractivity contribution < 1.29 is 24.3 Å². The second-order valence-electron chi connectivity index (χ2n) is 3.54. The fraction of sp³-hybridized carbons (Fsp3) is 0.556. The highest BCUT2D eigenvalue weighted by molar-refractivity contribution is 5.75. The van der Waals surface area contributed by atoms with Crippen LogP contribution in [0.5, 0.6) is 0 Å². The maximum atomic E-state index is 10.7. The predicted molar refractivity (Wildman–Crippen MR) is 64.1 cm³/mol. The number of rotatable bonds is 11. The molecule has 2 atom stereocenters. The van der Waals surface area contributed by atoms with Gasteiger partial charge in [0.25, 0.3) is 0 Å². The zero-order valence-corrected chi connectivity index (χ0v) is 10.1. The molecule has 0 bridgehead atoms. The minimum Gasteiger partial charge on any atom is -0.465 e. The van der Waals surface area contributed by atoms with Crippen molar-refractivity contribution in [3.8, 4) is 0 Å². The van der Waals surface area contributed by atoms with E-state index in [1.165, 1.54) is 0 Å². The first-order valence-electron chi connectivity index (χ1n) is 5.37. The molecule has 0 aliphatic carbocycles. The van der Waals surface area contributed by atoms with Crippen molar-refractivity contribution in [2.45, 2.75) is 12.1 Å². The predicted octanol–water partition coefficient (Wildman–Crippen LogP) is -3.44. The van der Waals surface area contributed by atoms with Crippen LogP contribution in [0.4, 0.5) is 4.79 Å². The summed E-state index contributed by atoms with van der Waals surface area (Å²) in [6.45, 7) is 0.00917. The second-order valence-corrected chi connectivity index (χ2v) is 3.54. The lowest BCUT2D eigenvalue weighted by Crippen LogP contribution is -2.51. The van der Waals surface area contributed by atoms with E-state index in [0.29, 0.717) is 12.6 Å². The van der Waals surface area contributed by atoms with Gasteiger partial charge in [0.05, 0.1) is 12.6 Å². The highest BCUT2D eigenvalue weighted by Crippen LogP contribution is 1.80. The summed E-state index contributed by atoms with van der Waals surface area (Å²) in [5, 5.41) is 13.1. The van der Waals surface area contributed by atoms with Crippen LogP contribution in [0.1, 0.15) is 0 Å². The van der Waals surface area contributed by atoms with Crippen LogP contribution in [-0.4, -0.2) is 61.4 Å². The summed E-state index contributed by atoms with van der Waals surface area (Å²) in [5.41, 5.74) is 9.94. The van der Waals surface area contributed by atoms with Crippen LogP contribution in [0, 0.1) is 0 Å². The molecule has 7 N–H and O–H groups in total. The highest BCUT2D eigenvalue weighted by atomic mass is 16.4. The van der Waals surface area contributed by atoms with Crippen molar-refractivity contribution in [2.24, 2.45) is 5.73 Å². The molecule has 0 aliphatic rings. The van der Waals surface area contributed by atoms with Crippen LogP contribution in [-0.2, 0) is 14.4 Å². The molecule has 0 spiro atoms. The molecule has 0 aromatic heterocycles. The molecule has 0 saturated carbocycles. The number of nitrogens with two attached hydrogens (primary N) is 1. The average molecular weight is 275 g/mol. The molecule has 0 radical (unpaired) electrons. The number of primary amides is 1. The van der Waals surface area contributed by atoms with E-state index in [9.17, 15) is 19.2 Å². The lowest BCUT2D eigenvalue weighted by Gasteiger charge is -2.16. The maximum absolute atomic E-state index is 10.7. The Morgan fingerprint density at radius 2 is 1.74 bits per heavy atom. The highest BCUT2D eigenvalue weighted by Gasteiger charge is 2.13. The van der Waals surface area contributed by atoms with Crippen molar-refractivity contribution in [1.29, 1.82) is 0 Å². The standard InChI is InChI=1S/C9H17N5O5/c10-8(17)3-13-12-2-6(4-15)11-1-7(5-16)14-9(18)19/h4-7,11-14H,1-3H2,(H2,10,17)(H,18,19)/t6-,7-/m0/s1. The topological polar surface area (TPSA) is 163 Å². The third-order valence-electron chi connectivity index (χ3n) is 1.95. The molecular formula is C9H17N5O5. The Balaban J connectivity index is 3.90. The van der Waals surface area contributed by atoms with Gasteiger partial charge in [0.15, 0.2) is 0 Å². The Morgan fingerprint density at radius 1 is 1.11 bits per heavy atom. The molecule has 0 unspecified atom stereocenters. The lowest BCUT2D eigenvalue weighted by atomic mass is 10.2.